The molecule has 0 aliphatic carbocycles. The van der Waals surface area contributed by atoms with Crippen LogP contribution < -0.4 is 0 Å². The number of rotatable bonds is 6. The molecule has 1 rings (SSSR count). The molecule has 0 aliphatic rings. The third kappa shape index (κ3) is 3.81. The SMILES string of the molecule is C=CCCCC(/C(Br)=N\O)c1ccccc1. The Labute approximate surface area is 105 Å². The molecular formula is C13H16BrNO. The predicted molar refractivity (Wildman–Crippen MR) is 71.4 cm³/mol. The number of benzene rings is 1. The molecule has 16 heavy (non-hydrogen) atoms. The van der Waals surface area contributed by atoms with Gasteiger partial charge in [0.25, 0.3) is 0 Å². The smallest absolute Gasteiger partial charge is 0.129 e. The molecule has 0 amide bonds. The summed E-state index contributed by atoms with van der Waals surface area (Å²) >= 11 is 3.31. The van der Waals surface area contributed by atoms with E-state index >= 15 is 0 Å². The van der Waals surface area contributed by atoms with Crippen LogP contribution in [0.25, 0.3) is 0 Å². The Bertz CT molecular complexity index is 348. The van der Waals surface area contributed by atoms with Gasteiger partial charge in [-0.3, -0.25) is 0 Å². The lowest BCUT2D eigenvalue weighted by Gasteiger charge is -2.14. The fraction of sp³-hybridized carbons (Fsp3) is 0.308. The predicted octanol–water partition coefficient (Wildman–Crippen LogP) is 4.31. The molecule has 1 atom stereocenters. The van der Waals surface area contributed by atoms with Crippen LogP contribution in [0, 0.1) is 0 Å². The number of hydrogen-bond acceptors (Lipinski definition) is 2. The molecule has 2 nitrogen and oxygen atoms in total. The zero-order valence-electron chi connectivity index (χ0n) is 9.14. The van der Waals surface area contributed by atoms with Crippen LogP contribution in [-0.4, -0.2) is 9.83 Å². The van der Waals surface area contributed by atoms with E-state index < -0.39 is 0 Å². The van der Waals surface area contributed by atoms with Crippen LogP contribution >= 0.6 is 15.9 Å². The maximum Gasteiger partial charge on any atom is 0.129 e. The van der Waals surface area contributed by atoms with Crippen molar-refractivity contribution in [2.45, 2.75) is 25.2 Å². The molecular weight excluding hydrogens is 266 g/mol. The summed E-state index contributed by atoms with van der Waals surface area (Å²) < 4.78 is 0.586. The fourth-order valence-corrected chi connectivity index (χ4v) is 2.14. The fourth-order valence-electron chi connectivity index (χ4n) is 1.64. The molecule has 3 heteroatoms. The summed E-state index contributed by atoms with van der Waals surface area (Å²) in [4.78, 5) is 0. The summed E-state index contributed by atoms with van der Waals surface area (Å²) in [7, 11) is 0. The quantitative estimate of drug-likeness (QED) is 0.272. The Hall–Kier alpha value is -1.09. The second-order valence-electron chi connectivity index (χ2n) is 3.61. The Kier molecular flexibility index (Phi) is 5.86. The van der Waals surface area contributed by atoms with Crippen molar-refractivity contribution >= 4 is 20.6 Å². The summed E-state index contributed by atoms with van der Waals surface area (Å²) in [5.41, 5.74) is 1.16. The molecule has 0 saturated carbocycles. The summed E-state index contributed by atoms with van der Waals surface area (Å²) in [5, 5.41) is 12.1. The van der Waals surface area contributed by atoms with Gasteiger partial charge in [-0.15, -0.1) is 6.58 Å². The highest BCUT2D eigenvalue weighted by atomic mass is 79.9. The number of hydrogen-bond donors (Lipinski definition) is 1. The Morgan fingerprint density at radius 3 is 2.69 bits per heavy atom. The maximum atomic E-state index is 8.84. The lowest BCUT2D eigenvalue weighted by Crippen LogP contribution is -2.06. The third-order valence-corrected chi connectivity index (χ3v) is 3.20. The average Bonchev–Trinajstić information content (AvgIpc) is 2.35. The van der Waals surface area contributed by atoms with E-state index in [0.717, 1.165) is 24.8 Å². The Morgan fingerprint density at radius 2 is 2.12 bits per heavy atom. The van der Waals surface area contributed by atoms with E-state index in [1.54, 1.807) is 0 Å². The molecule has 1 aromatic rings. The van der Waals surface area contributed by atoms with Crippen LogP contribution in [0.15, 0.2) is 48.1 Å². The van der Waals surface area contributed by atoms with Crippen molar-refractivity contribution in [2.24, 2.45) is 5.16 Å². The van der Waals surface area contributed by atoms with Crippen LogP contribution in [0.5, 0.6) is 0 Å². The minimum atomic E-state index is 0.131. The van der Waals surface area contributed by atoms with Gasteiger partial charge in [-0.05, 0) is 40.8 Å². The highest BCUT2D eigenvalue weighted by molar-refractivity contribution is 9.18. The van der Waals surface area contributed by atoms with Gasteiger partial charge in [0.1, 0.15) is 4.62 Å². The van der Waals surface area contributed by atoms with Crippen LogP contribution in [0.4, 0.5) is 0 Å². The lowest BCUT2D eigenvalue weighted by atomic mass is 9.94. The molecule has 86 valence electrons. The number of allylic oxidation sites excluding steroid dienone is 1. The molecule has 0 saturated heterocycles. The van der Waals surface area contributed by atoms with Gasteiger partial charge >= 0.3 is 0 Å². The second kappa shape index (κ2) is 7.23. The third-order valence-electron chi connectivity index (χ3n) is 2.49. The second-order valence-corrected chi connectivity index (χ2v) is 4.42. The van der Waals surface area contributed by atoms with E-state index in [9.17, 15) is 0 Å². The lowest BCUT2D eigenvalue weighted by molar-refractivity contribution is 0.318. The number of nitrogens with zero attached hydrogens (tertiary/aromatic N) is 1. The number of oxime groups is 1. The maximum absolute atomic E-state index is 8.84. The molecule has 0 heterocycles. The Morgan fingerprint density at radius 1 is 1.44 bits per heavy atom. The van der Waals surface area contributed by atoms with Crippen molar-refractivity contribution in [1.82, 2.24) is 0 Å². The summed E-state index contributed by atoms with van der Waals surface area (Å²) in [6.45, 7) is 3.70. The van der Waals surface area contributed by atoms with Crippen molar-refractivity contribution in [1.29, 1.82) is 0 Å². The minimum absolute atomic E-state index is 0.131. The molecule has 0 spiro atoms. The van der Waals surface area contributed by atoms with E-state index in [0.29, 0.717) is 4.62 Å². The van der Waals surface area contributed by atoms with Crippen molar-refractivity contribution < 1.29 is 5.21 Å². The zero-order chi connectivity index (χ0) is 11.8. The van der Waals surface area contributed by atoms with Gasteiger partial charge in [0.2, 0.25) is 0 Å². The van der Waals surface area contributed by atoms with E-state index in [1.807, 2.05) is 36.4 Å². The van der Waals surface area contributed by atoms with Crippen molar-refractivity contribution in [3.05, 3.63) is 48.6 Å². The van der Waals surface area contributed by atoms with Gasteiger partial charge in [-0.2, -0.15) is 0 Å². The molecule has 0 fully saturated rings. The molecule has 1 N–H and O–H groups in total. The monoisotopic (exact) mass is 281 g/mol. The first kappa shape index (κ1) is 13.0. The standard InChI is InChI=1S/C13H16BrNO/c1-2-3-5-10-12(13(14)15-16)11-8-6-4-7-9-11/h2,4,6-9,12,16H,1,3,5,10H2/b15-13+. The first-order valence-electron chi connectivity index (χ1n) is 5.33. The van der Waals surface area contributed by atoms with Crippen LogP contribution in [0.1, 0.15) is 30.7 Å². The van der Waals surface area contributed by atoms with Gasteiger partial charge in [-0.25, -0.2) is 0 Å². The summed E-state index contributed by atoms with van der Waals surface area (Å²) in [6.07, 6.45) is 4.87. The van der Waals surface area contributed by atoms with Gasteiger partial charge in [0, 0.05) is 5.92 Å². The molecule has 1 aromatic carbocycles. The number of unbranched alkanes of at least 4 members (excludes halogenated alkanes) is 1. The van der Waals surface area contributed by atoms with Crippen molar-refractivity contribution in [3.63, 3.8) is 0 Å². The average molecular weight is 282 g/mol. The first-order valence-corrected chi connectivity index (χ1v) is 6.12. The topological polar surface area (TPSA) is 32.6 Å². The van der Waals surface area contributed by atoms with Gasteiger partial charge in [0.15, 0.2) is 0 Å². The summed E-state index contributed by atoms with van der Waals surface area (Å²) in [5.74, 6) is 0.131. The zero-order valence-corrected chi connectivity index (χ0v) is 10.7. The number of halogens is 1. The van der Waals surface area contributed by atoms with Crippen molar-refractivity contribution in [3.8, 4) is 0 Å². The van der Waals surface area contributed by atoms with Crippen LogP contribution in [0.3, 0.4) is 0 Å². The first-order chi connectivity index (χ1) is 7.79. The van der Waals surface area contributed by atoms with Gasteiger partial charge in [0.05, 0.1) is 0 Å². The highest BCUT2D eigenvalue weighted by Gasteiger charge is 2.15. The largest absolute Gasteiger partial charge is 0.410 e. The van der Waals surface area contributed by atoms with E-state index in [1.165, 1.54) is 0 Å². The van der Waals surface area contributed by atoms with E-state index in [4.69, 9.17) is 5.21 Å². The molecule has 0 radical (unpaired) electrons. The van der Waals surface area contributed by atoms with E-state index in [-0.39, 0.29) is 5.92 Å². The van der Waals surface area contributed by atoms with Crippen LogP contribution in [0.2, 0.25) is 0 Å². The molecule has 1 unspecified atom stereocenters. The normalized spacial score (nSPS) is 13.4. The Balaban J connectivity index is 2.76. The molecule has 0 aliphatic heterocycles. The molecule has 0 aromatic heterocycles. The summed E-state index contributed by atoms with van der Waals surface area (Å²) in [6, 6.07) is 10.1. The van der Waals surface area contributed by atoms with Crippen molar-refractivity contribution in [2.75, 3.05) is 0 Å². The highest BCUT2D eigenvalue weighted by Crippen LogP contribution is 2.26. The van der Waals surface area contributed by atoms with Gasteiger partial charge < -0.3 is 5.21 Å². The van der Waals surface area contributed by atoms with Gasteiger partial charge in [-0.1, -0.05) is 41.6 Å². The molecule has 0 bridgehead atoms. The van der Waals surface area contributed by atoms with E-state index in [2.05, 4.69) is 27.7 Å². The minimum Gasteiger partial charge on any atom is -0.410 e. The van der Waals surface area contributed by atoms with Crippen LogP contribution in [-0.2, 0) is 0 Å².